The number of aryl methyl sites for hydroxylation is 2. The van der Waals surface area contributed by atoms with Crippen LogP contribution < -0.4 is 0 Å². The lowest BCUT2D eigenvalue weighted by Crippen LogP contribution is -2.40. The van der Waals surface area contributed by atoms with Gasteiger partial charge in [0.15, 0.2) is 0 Å². The van der Waals surface area contributed by atoms with Crippen molar-refractivity contribution in [2.45, 2.75) is 39.0 Å². The molecular weight excluding hydrogens is 330 g/mol. The number of aliphatic hydroxyl groups is 1. The van der Waals surface area contributed by atoms with Gasteiger partial charge >= 0.3 is 0 Å². The first kappa shape index (κ1) is 17.0. The zero-order chi connectivity index (χ0) is 17.3. The number of carbonyl (C=O) groups is 1. The Morgan fingerprint density at radius 1 is 1.50 bits per heavy atom. The van der Waals surface area contributed by atoms with Crippen molar-refractivity contribution in [3.8, 4) is 0 Å². The quantitative estimate of drug-likeness (QED) is 0.848. The highest BCUT2D eigenvalue weighted by Crippen LogP contribution is 2.22. The molecule has 2 atom stereocenters. The van der Waals surface area contributed by atoms with Crippen LogP contribution in [0.15, 0.2) is 9.93 Å². The van der Waals surface area contributed by atoms with Gasteiger partial charge in [0.25, 0.3) is 5.91 Å². The van der Waals surface area contributed by atoms with Gasteiger partial charge in [-0.3, -0.25) is 9.69 Å². The molecule has 0 bridgehead atoms. The number of hydrogen-bond acceptors (Lipinski definition) is 8. The number of thiazole rings is 1. The SMILES string of the molecule is CCc1ncsc1C(=O)N1CC(N(C)Cc2nnc(C)o2)[C@H](O)C1. The number of hydrogen-bond donors (Lipinski definition) is 1. The molecule has 3 heterocycles. The van der Waals surface area contributed by atoms with Gasteiger partial charge in [-0.25, -0.2) is 4.98 Å². The molecule has 1 saturated heterocycles. The highest BCUT2D eigenvalue weighted by atomic mass is 32.1. The molecule has 1 N–H and O–H groups in total. The van der Waals surface area contributed by atoms with Gasteiger partial charge in [-0.2, -0.15) is 0 Å². The molecule has 1 aliphatic heterocycles. The Morgan fingerprint density at radius 3 is 2.96 bits per heavy atom. The van der Waals surface area contributed by atoms with Crippen molar-refractivity contribution in [2.75, 3.05) is 20.1 Å². The molecule has 0 aliphatic carbocycles. The number of β-amino-alcohol motifs (C(OH)–C–C–N with tert-alkyl or cyclic N) is 1. The first-order valence-electron chi connectivity index (χ1n) is 7.88. The predicted octanol–water partition coefficient (Wildman–Crippen LogP) is 0.714. The summed E-state index contributed by atoms with van der Waals surface area (Å²) in [7, 11) is 1.88. The molecule has 8 nitrogen and oxygen atoms in total. The topological polar surface area (TPSA) is 95.6 Å². The minimum atomic E-state index is -0.610. The maximum Gasteiger partial charge on any atom is 0.266 e. The fourth-order valence-corrected chi connectivity index (χ4v) is 3.79. The standard InChI is InChI=1S/C15H21N5O3S/c1-4-10-14(24-8-16-10)15(22)20-5-11(12(21)6-20)19(3)7-13-18-17-9(2)23-13/h8,11-12,21H,4-7H2,1-3H3/t11?,12-/m1/s1. The summed E-state index contributed by atoms with van der Waals surface area (Å²) in [5.41, 5.74) is 2.51. The Labute approximate surface area is 144 Å². The molecule has 0 radical (unpaired) electrons. The summed E-state index contributed by atoms with van der Waals surface area (Å²) in [6, 6.07) is -0.167. The Hall–Kier alpha value is -1.84. The Kier molecular flexibility index (Phi) is 4.93. The van der Waals surface area contributed by atoms with Gasteiger partial charge in [0.1, 0.15) is 4.88 Å². The molecule has 1 aliphatic rings. The summed E-state index contributed by atoms with van der Waals surface area (Å²) in [5.74, 6) is 0.958. The van der Waals surface area contributed by atoms with Crippen LogP contribution >= 0.6 is 11.3 Å². The Bertz CT molecular complexity index is 716. The van der Waals surface area contributed by atoms with Gasteiger partial charge in [0.05, 0.1) is 29.9 Å². The molecule has 0 spiro atoms. The van der Waals surface area contributed by atoms with Gasteiger partial charge in [0.2, 0.25) is 11.8 Å². The van der Waals surface area contributed by atoms with E-state index in [4.69, 9.17) is 4.42 Å². The van der Waals surface area contributed by atoms with Gasteiger partial charge in [0, 0.05) is 20.0 Å². The third-order valence-corrected chi connectivity index (χ3v) is 5.09. The first-order valence-corrected chi connectivity index (χ1v) is 8.76. The van der Waals surface area contributed by atoms with Crippen LogP contribution in [0.25, 0.3) is 0 Å². The number of rotatable bonds is 5. The zero-order valence-electron chi connectivity index (χ0n) is 14.0. The molecule has 130 valence electrons. The van der Waals surface area contributed by atoms with E-state index in [1.807, 2.05) is 18.9 Å². The van der Waals surface area contributed by atoms with Gasteiger partial charge < -0.3 is 14.4 Å². The number of nitrogens with zero attached hydrogens (tertiary/aromatic N) is 5. The third kappa shape index (κ3) is 3.33. The lowest BCUT2D eigenvalue weighted by molar-refractivity contribution is 0.0765. The lowest BCUT2D eigenvalue weighted by Gasteiger charge is -2.24. The second kappa shape index (κ2) is 6.96. The summed E-state index contributed by atoms with van der Waals surface area (Å²) in [5, 5.41) is 18.1. The highest BCUT2D eigenvalue weighted by molar-refractivity contribution is 7.11. The molecule has 2 aromatic rings. The van der Waals surface area contributed by atoms with Crippen LogP contribution in [0.1, 0.15) is 34.1 Å². The van der Waals surface area contributed by atoms with Crippen molar-refractivity contribution in [2.24, 2.45) is 0 Å². The van der Waals surface area contributed by atoms with E-state index < -0.39 is 6.10 Å². The number of carbonyl (C=O) groups excluding carboxylic acids is 1. The van der Waals surface area contributed by atoms with Crippen LogP contribution in [0.2, 0.25) is 0 Å². The molecule has 9 heteroatoms. The van der Waals surface area contributed by atoms with Crippen LogP contribution in [0.3, 0.4) is 0 Å². The molecule has 24 heavy (non-hydrogen) atoms. The minimum absolute atomic E-state index is 0.0575. The van der Waals surface area contributed by atoms with Crippen LogP contribution in [0, 0.1) is 6.92 Å². The molecule has 0 aromatic carbocycles. The lowest BCUT2D eigenvalue weighted by atomic mass is 10.2. The largest absolute Gasteiger partial charge is 0.424 e. The number of aromatic nitrogens is 3. The molecule has 1 amide bonds. The van der Waals surface area contributed by atoms with E-state index in [9.17, 15) is 9.90 Å². The fraction of sp³-hybridized carbons (Fsp3) is 0.600. The van der Waals surface area contributed by atoms with E-state index in [0.717, 1.165) is 12.1 Å². The van der Waals surface area contributed by atoms with E-state index in [-0.39, 0.29) is 11.9 Å². The Morgan fingerprint density at radius 2 is 2.29 bits per heavy atom. The third-order valence-electron chi connectivity index (χ3n) is 4.24. The van der Waals surface area contributed by atoms with E-state index in [0.29, 0.717) is 36.3 Å². The van der Waals surface area contributed by atoms with Gasteiger partial charge in [-0.05, 0) is 13.5 Å². The van der Waals surface area contributed by atoms with Crippen LogP contribution in [0.4, 0.5) is 0 Å². The summed E-state index contributed by atoms with van der Waals surface area (Å²) >= 11 is 1.35. The molecule has 1 unspecified atom stereocenters. The number of likely N-dealkylation sites (tertiary alicyclic amines) is 1. The zero-order valence-corrected chi connectivity index (χ0v) is 14.8. The monoisotopic (exact) mass is 351 g/mol. The highest BCUT2D eigenvalue weighted by Gasteiger charge is 2.38. The fourth-order valence-electron chi connectivity index (χ4n) is 2.94. The van der Waals surface area contributed by atoms with E-state index in [1.165, 1.54) is 11.3 Å². The van der Waals surface area contributed by atoms with Crippen LogP contribution in [-0.2, 0) is 13.0 Å². The summed E-state index contributed by atoms with van der Waals surface area (Å²) in [4.78, 5) is 21.2. The second-order valence-corrected chi connectivity index (χ2v) is 6.81. The summed E-state index contributed by atoms with van der Waals surface area (Å²) in [6.07, 6.45) is 0.113. The summed E-state index contributed by atoms with van der Waals surface area (Å²) < 4.78 is 5.38. The molecular formula is C15H21N5O3S. The average molecular weight is 351 g/mol. The smallest absolute Gasteiger partial charge is 0.266 e. The van der Waals surface area contributed by atoms with Crippen molar-refractivity contribution >= 4 is 17.2 Å². The van der Waals surface area contributed by atoms with Crippen molar-refractivity contribution in [1.82, 2.24) is 25.0 Å². The van der Waals surface area contributed by atoms with Gasteiger partial charge in [-0.15, -0.1) is 21.5 Å². The van der Waals surface area contributed by atoms with E-state index >= 15 is 0 Å². The van der Waals surface area contributed by atoms with Crippen LogP contribution in [0.5, 0.6) is 0 Å². The molecule has 0 saturated carbocycles. The maximum atomic E-state index is 12.7. The normalized spacial score (nSPS) is 21.0. The minimum Gasteiger partial charge on any atom is -0.424 e. The molecule has 2 aromatic heterocycles. The van der Waals surface area contributed by atoms with E-state index in [2.05, 4.69) is 15.2 Å². The second-order valence-electron chi connectivity index (χ2n) is 5.96. The maximum absolute atomic E-state index is 12.7. The number of amides is 1. The summed E-state index contributed by atoms with van der Waals surface area (Å²) in [6.45, 7) is 4.93. The first-order chi connectivity index (χ1) is 11.5. The average Bonchev–Trinajstić information content (AvgIpc) is 3.26. The predicted molar refractivity (Wildman–Crippen MR) is 87.7 cm³/mol. The Balaban J connectivity index is 1.66. The van der Waals surface area contributed by atoms with Crippen molar-refractivity contribution in [1.29, 1.82) is 0 Å². The molecule has 3 rings (SSSR count). The van der Waals surface area contributed by atoms with E-state index in [1.54, 1.807) is 17.3 Å². The van der Waals surface area contributed by atoms with Crippen molar-refractivity contribution in [3.63, 3.8) is 0 Å². The van der Waals surface area contributed by atoms with Crippen LogP contribution in [-0.4, -0.2) is 68.3 Å². The van der Waals surface area contributed by atoms with Crippen molar-refractivity contribution in [3.05, 3.63) is 27.9 Å². The van der Waals surface area contributed by atoms with Gasteiger partial charge in [-0.1, -0.05) is 6.92 Å². The number of likely N-dealkylation sites (N-methyl/N-ethyl adjacent to an activating group) is 1. The molecule has 1 fully saturated rings. The van der Waals surface area contributed by atoms with Crippen molar-refractivity contribution < 1.29 is 14.3 Å². The number of aliphatic hydroxyl groups excluding tert-OH is 1.